The van der Waals surface area contributed by atoms with Crippen LogP contribution < -0.4 is 25.5 Å². The molecule has 0 atom stereocenters. The van der Waals surface area contributed by atoms with Crippen molar-refractivity contribution in [2.45, 2.75) is 0 Å². The van der Waals surface area contributed by atoms with Crippen molar-refractivity contribution in [2.75, 3.05) is 13.2 Å². The number of carbonyl (C=O) groups is 1. The standard InChI is InChI=1S/C35H30O3Si/c1-2-35(36)38-27-26-37-30-22-18-28(19-23-30)29-20-24-34(25-21-29)39(31-12-6-3-7-13-31,32-14-8-4-9-15-32)33-16-10-5-11-17-33/h2-25H,1,26-27H2. The number of hydrogen-bond acceptors (Lipinski definition) is 3. The van der Waals surface area contributed by atoms with Crippen LogP contribution in [0.5, 0.6) is 5.75 Å². The van der Waals surface area contributed by atoms with Crippen LogP contribution in [0.2, 0.25) is 0 Å². The number of rotatable bonds is 10. The van der Waals surface area contributed by atoms with Gasteiger partial charge in [0.05, 0.1) is 0 Å². The summed E-state index contributed by atoms with van der Waals surface area (Å²) in [6.45, 7) is 3.86. The molecule has 0 aromatic heterocycles. The Morgan fingerprint density at radius 1 is 0.564 bits per heavy atom. The Hall–Kier alpha value is -4.67. The topological polar surface area (TPSA) is 35.5 Å². The number of esters is 1. The predicted octanol–water partition coefficient (Wildman–Crippen LogP) is 4.84. The molecule has 5 aromatic carbocycles. The minimum Gasteiger partial charge on any atom is -0.490 e. The maximum Gasteiger partial charge on any atom is 0.330 e. The largest absolute Gasteiger partial charge is 0.490 e. The van der Waals surface area contributed by atoms with Gasteiger partial charge in [-0.2, -0.15) is 0 Å². The first-order valence-corrected chi connectivity index (χ1v) is 15.0. The zero-order valence-corrected chi connectivity index (χ0v) is 22.7. The van der Waals surface area contributed by atoms with Crippen LogP contribution in [-0.4, -0.2) is 27.3 Å². The van der Waals surface area contributed by atoms with Gasteiger partial charge in [0.1, 0.15) is 19.0 Å². The summed E-state index contributed by atoms with van der Waals surface area (Å²) >= 11 is 0. The Kier molecular flexibility index (Phi) is 8.15. The van der Waals surface area contributed by atoms with Crippen LogP contribution >= 0.6 is 0 Å². The van der Waals surface area contributed by atoms with Crippen LogP contribution in [0, 0.1) is 0 Å². The fourth-order valence-electron chi connectivity index (χ4n) is 5.08. The smallest absolute Gasteiger partial charge is 0.330 e. The molecule has 0 aliphatic carbocycles. The molecule has 0 aliphatic heterocycles. The van der Waals surface area contributed by atoms with Gasteiger partial charge in [0.15, 0.2) is 8.07 Å². The van der Waals surface area contributed by atoms with E-state index in [1.165, 1.54) is 20.7 Å². The van der Waals surface area contributed by atoms with Crippen LogP contribution in [0.1, 0.15) is 0 Å². The number of carbonyl (C=O) groups excluding carboxylic acids is 1. The van der Waals surface area contributed by atoms with Gasteiger partial charge in [-0.15, -0.1) is 0 Å². The quantitative estimate of drug-likeness (QED) is 0.0859. The van der Waals surface area contributed by atoms with E-state index in [1.54, 1.807) is 0 Å². The van der Waals surface area contributed by atoms with Crippen molar-refractivity contribution >= 4 is 34.8 Å². The lowest BCUT2D eigenvalue weighted by Gasteiger charge is -2.34. The molecule has 0 N–H and O–H groups in total. The maximum atomic E-state index is 11.2. The first-order valence-electron chi connectivity index (χ1n) is 13.0. The van der Waals surface area contributed by atoms with Gasteiger partial charge in [-0.25, -0.2) is 4.79 Å². The van der Waals surface area contributed by atoms with Crippen molar-refractivity contribution in [1.82, 2.24) is 0 Å². The summed E-state index contributed by atoms with van der Waals surface area (Å²) in [6, 6.07) is 49.8. The Balaban J connectivity index is 1.48. The van der Waals surface area contributed by atoms with E-state index < -0.39 is 14.0 Å². The Morgan fingerprint density at radius 3 is 1.41 bits per heavy atom. The molecule has 0 heterocycles. The summed E-state index contributed by atoms with van der Waals surface area (Å²) in [5, 5.41) is 5.41. The third-order valence-corrected chi connectivity index (χ3v) is 11.7. The number of benzene rings is 5. The molecule has 0 spiro atoms. The van der Waals surface area contributed by atoms with Crippen molar-refractivity contribution in [3.05, 3.63) is 152 Å². The molecule has 0 bridgehead atoms. The average Bonchev–Trinajstić information content (AvgIpc) is 3.02. The van der Waals surface area contributed by atoms with Crippen molar-refractivity contribution in [3.8, 4) is 16.9 Å². The Bertz CT molecular complexity index is 1400. The first kappa shape index (κ1) is 26.0. The van der Waals surface area contributed by atoms with Crippen LogP contribution in [-0.2, 0) is 9.53 Å². The molecule has 0 fully saturated rings. The second-order valence-electron chi connectivity index (χ2n) is 9.17. The van der Waals surface area contributed by atoms with Crippen molar-refractivity contribution < 1.29 is 14.3 Å². The van der Waals surface area contributed by atoms with Crippen LogP contribution in [0.25, 0.3) is 11.1 Å². The highest BCUT2D eigenvalue weighted by molar-refractivity contribution is 7.19. The lowest BCUT2D eigenvalue weighted by atomic mass is 10.1. The molecule has 0 amide bonds. The van der Waals surface area contributed by atoms with E-state index in [-0.39, 0.29) is 6.61 Å². The molecule has 5 rings (SSSR count). The third-order valence-electron chi connectivity index (χ3n) is 6.89. The van der Waals surface area contributed by atoms with E-state index in [4.69, 9.17) is 9.47 Å². The third kappa shape index (κ3) is 5.61. The van der Waals surface area contributed by atoms with Gasteiger partial charge in [0.2, 0.25) is 0 Å². The van der Waals surface area contributed by atoms with Crippen molar-refractivity contribution in [2.24, 2.45) is 0 Å². The summed E-state index contributed by atoms with van der Waals surface area (Å²) in [5.74, 6) is 0.282. The monoisotopic (exact) mass is 526 g/mol. The molecule has 4 heteroatoms. The molecule has 0 saturated heterocycles. The SMILES string of the molecule is C=CC(=O)OCCOc1ccc(-c2ccc([Si](c3ccccc3)(c3ccccc3)c3ccccc3)cc2)cc1. The molecular weight excluding hydrogens is 496 g/mol. The summed E-state index contributed by atoms with van der Waals surface area (Å²) in [5.41, 5.74) is 2.25. The van der Waals surface area contributed by atoms with Gasteiger partial charge < -0.3 is 9.47 Å². The van der Waals surface area contributed by atoms with E-state index in [9.17, 15) is 4.79 Å². The first-order chi connectivity index (χ1) is 19.2. The zero-order valence-electron chi connectivity index (χ0n) is 21.7. The molecule has 0 unspecified atom stereocenters. The summed E-state index contributed by atoms with van der Waals surface area (Å²) in [7, 11) is -2.52. The van der Waals surface area contributed by atoms with E-state index >= 15 is 0 Å². The van der Waals surface area contributed by atoms with E-state index in [0.717, 1.165) is 23.0 Å². The highest BCUT2D eigenvalue weighted by Crippen LogP contribution is 2.22. The minimum absolute atomic E-state index is 0.184. The number of ether oxygens (including phenoxy) is 2. The summed E-state index contributed by atoms with van der Waals surface area (Å²) in [4.78, 5) is 11.2. The van der Waals surface area contributed by atoms with Crippen LogP contribution in [0.4, 0.5) is 0 Å². The minimum atomic E-state index is -2.52. The Labute approximate surface area is 231 Å². The maximum absolute atomic E-state index is 11.2. The van der Waals surface area contributed by atoms with Gasteiger partial charge in [0.25, 0.3) is 0 Å². The van der Waals surface area contributed by atoms with Gasteiger partial charge in [-0.05, 0) is 44.0 Å². The van der Waals surface area contributed by atoms with Crippen LogP contribution in [0.3, 0.4) is 0 Å². The van der Waals surface area contributed by atoms with E-state index in [1.807, 2.05) is 12.1 Å². The van der Waals surface area contributed by atoms with Gasteiger partial charge >= 0.3 is 5.97 Å². The highest BCUT2D eigenvalue weighted by atomic mass is 28.3. The molecule has 0 saturated carbocycles. The lowest BCUT2D eigenvalue weighted by Crippen LogP contribution is -2.74. The summed E-state index contributed by atoms with van der Waals surface area (Å²) in [6.07, 6.45) is 1.14. The number of hydrogen-bond donors (Lipinski definition) is 0. The van der Waals surface area contributed by atoms with E-state index in [2.05, 4.69) is 134 Å². The lowest BCUT2D eigenvalue weighted by molar-refractivity contribution is -0.138. The van der Waals surface area contributed by atoms with Crippen molar-refractivity contribution in [3.63, 3.8) is 0 Å². The van der Waals surface area contributed by atoms with Crippen molar-refractivity contribution in [1.29, 1.82) is 0 Å². The molecule has 0 radical (unpaired) electrons. The fourth-order valence-corrected chi connectivity index (χ4v) is 9.83. The molecule has 0 aliphatic rings. The molecule has 5 aromatic rings. The molecular formula is C35H30O3Si. The Morgan fingerprint density at radius 2 is 0.974 bits per heavy atom. The molecule has 192 valence electrons. The van der Waals surface area contributed by atoms with Gasteiger partial charge in [0, 0.05) is 6.08 Å². The molecule has 3 nitrogen and oxygen atoms in total. The normalized spacial score (nSPS) is 11.0. The van der Waals surface area contributed by atoms with E-state index in [0.29, 0.717) is 6.61 Å². The predicted molar refractivity (Wildman–Crippen MR) is 162 cm³/mol. The second-order valence-corrected chi connectivity index (χ2v) is 13.0. The average molecular weight is 527 g/mol. The second kappa shape index (κ2) is 12.2. The van der Waals surface area contributed by atoms with Crippen LogP contribution in [0.15, 0.2) is 152 Å². The van der Waals surface area contributed by atoms with Gasteiger partial charge in [-0.3, -0.25) is 0 Å². The fraction of sp³-hybridized carbons (Fsp3) is 0.0571. The highest BCUT2D eigenvalue weighted by Gasteiger charge is 2.41. The summed E-state index contributed by atoms with van der Waals surface area (Å²) < 4.78 is 10.7. The molecule has 39 heavy (non-hydrogen) atoms. The zero-order chi connectivity index (χ0) is 26.9. The van der Waals surface area contributed by atoms with Gasteiger partial charge in [-0.1, -0.05) is 134 Å².